The van der Waals surface area contributed by atoms with E-state index in [1.807, 2.05) is 12.1 Å². The Labute approximate surface area is 133 Å². The van der Waals surface area contributed by atoms with Crippen molar-refractivity contribution in [1.29, 1.82) is 0 Å². The molecule has 21 heavy (non-hydrogen) atoms. The quantitative estimate of drug-likeness (QED) is 0.646. The van der Waals surface area contributed by atoms with Crippen LogP contribution in [0.15, 0.2) is 24.5 Å². The Morgan fingerprint density at radius 2 is 1.95 bits per heavy atom. The second-order valence-corrected chi connectivity index (χ2v) is 6.58. The SMILES string of the molecule is C[C@@H]1C[C@H](C)CN(CCCNC(=S)Nc2ccncc2)C1. The van der Waals surface area contributed by atoms with Crippen LogP contribution in [-0.2, 0) is 0 Å². The van der Waals surface area contributed by atoms with Crippen molar-refractivity contribution in [3.05, 3.63) is 24.5 Å². The summed E-state index contributed by atoms with van der Waals surface area (Å²) in [4.78, 5) is 6.57. The van der Waals surface area contributed by atoms with E-state index in [9.17, 15) is 0 Å². The highest BCUT2D eigenvalue weighted by Gasteiger charge is 2.20. The van der Waals surface area contributed by atoms with Gasteiger partial charge in [-0.3, -0.25) is 4.98 Å². The van der Waals surface area contributed by atoms with Gasteiger partial charge in [-0.2, -0.15) is 0 Å². The van der Waals surface area contributed by atoms with Crippen molar-refractivity contribution in [2.75, 3.05) is 31.5 Å². The number of pyridine rings is 1. The molecule has 0 saturated carbocycles. The maximum absolute atomic E-state index is 5.29. The highest BCUT2D eigenvalue weighted by atomic mass is 32.1. The summed E-state index contributed by atoms with van der Waals surface area (Å²) in [7, 11) is 0. The summed E-state index contributed by atoms with van der Waals surface area (Å²) in [5.74, 6) is 1.66. The van der Waals surface area contributed by atoms with Gasteiger partial charge in [0.25, 0.3) is 0 Å². The van der Waals surface area contributed by atoms with E-state index in [1.54, 1.807) is 12.4 Å². The average Bonchev–Trinajstić information content (AvgIpc) is 2.44. The van der Waals surface area contributed by atoms with Crippen molar-refractivity contribution in [3.63, 3.8) is 0 Å². The highest BCUT2D eigenvalue weighted by molar-refractivity contribution is 7.80. The number of thiocarbonyl (C=S) groups is 1. The molecule has 2 N–H and O–H groups in total. The molecule has 0 radical (unpaired) electrons. The van der Waals surface area contributed by atoms with Crippen molar-refractivity contribution >= 4 is 23.0 Å². The molecule has 0 spiro atoms. The van der Waals surface area contributed by atoms with Crippen LogP contribution in [0.25, 0.3) is 0 Å². The van der Waals surface area contributed by atoms with Gasteiger partial charge >= 0.3 is 0 Å². The van der Waals surface area contributed by atoms with E-state index in [0.717, 1.165) is 37.0 Å². The van der Waals surface area contributed by atoms with Gasteiger partial charge < -0.3 is 15.5 Å². The van der Waals surface area contributed by atoms with E-state index in [1.165, 1.54) is 19.5 Å². The molecule has 1 aliphatic rings. The Balaban J connectivity index is 1.60. The number of anilines is 1. The molecule has 0 bridgehead atoms. The minimum atomic E-state index is 0.682. The molecule has 1 saturated heterocycles. The van der Waals surface area contributed by atoms with Crippen molar-refractivity contribution in [2.24, 2.45) is 11.8 Å². The zero-order valence-corrected chi connectivity index (χ0v) is 13.8. The molecule has 0 amide bonds. The molecule has 5 heteroatoms. The number of nitrogens with zero attached hydrogens (tertiary/aromatic N) is 2. The number of nitrogens with one attached hydrogen (secondary N) is 2. The standard InChI is InChI=1S/C16H26N4S/c1-13-10-14(2)12-20(11-13)9-3-6-18-16(21)19-15-4-7-17-8-5-15/h4-5,7-8,13-14H,3,6,9-12H2,1-2H3,(H2,17,18,19,21)/t13-,14+. The monoisotopic (exact) mass is 306 g/mol. The maximum Gasteiger partial charge on any atom is 0.170 e. The fourth-order valence-electron chi connectivity index (χ4n) is 3.09. The van der Waals surface area contributed by atoms with Crippen LogP contribution in [0.1, 0.15) is 26.7 Å². The largest absolute Gasteiger partial charge is 0.362 e. The van der Waals surface area contributed by atoms with Gasteiger partial charge in [-0.05, 0) is 55.6 Å². The number of hydrogen-bond donors (Lipinski definition) is 2. The smallest absolute Gasteiger partial charge is 0.170 e. The lowest BCUT2D eigenvalue weighted by atomic mass is 9.92. The summed E-state index contributed by atoms with van der Waals surface area (Å²) in [6, 6.07) is 3.81. The molecule has 116 valence electrons. The van der Waals surface area contributed by atoms with Crippen LogP contribution in [0.4, 0.5) is 5.69 Å². The minimum Gasteiger partial charge on any atom is -0.362 e. The predicted molar refractivity (Wildman–Crippen MR) is 92.5 cm³/mol. The molecular weight excluding hydrogens is 280 g/mol. The lowest BCUT2D eigenvalue weighted by Gasteiger charge is -2.34. The Hall–Kier alpha value is -1.20. The molecule has 2 heterocycles. The summed E-state index contributed by atoms with van der Waals surface area (Å²) in [6.07, 6.45) is 6.00. The zero-order chi connectivity index (χ0) is 15.1. The molecule has 1 aliphatic heterocycles. The van der Waals surface area contributed by atoms with E-state index in [0.29, 0.717) is 5.11 Å². The van der Waals surface area contributed by atoms with Gasteiger partial charge in [-0.15, -0.1) is 0 Å². The second-order valence-electron chi connectivity index (χ2n) is 6.18. The van der Waals surface area contributed by atoms with Crippen LogP contribution in [0.2, 0.25) is 0 Å². The summed E-state index contributed by atoms with van der Waals surface area (Å²) in [6.45, 7) is 9.26. The maximum atomic E-state index is 5.29. The molecule has 1 aromatic rings. The Morgan fingerprint density at radius 3 is 2.62 bits per heavy atom. The van der Waals surface area contributed by atoms with Crippen LogP contribution < -0.4 is 10.6 Å². The third kappa shape index (κ3) is 5.98. The summed E-state index contributed by atoms with van der Waals surface area (Å²) in [5.41, 5.74) is 0.973. The molecule has 0 unspecified atom stereocenters. The first kappa shape index (κ1) is 16.2. The number of rotatable bonds is 5. The van der Waals surface area contributed by atoms with E-state index in [2.05, 4.69) is 34.4 Å². The van der Waals surface area contributed by atoms with Crippen molar-refractivity contribution in [3.8, 4) is 0 Å². The molecule has 4 nitrogen and oxygen atoms in total. The van der Waals surface area contributed by atoms with Gasteiger partial charge in [0, 0.05) is 37.7 Å². The van der Waals surface area contributed by atoms with Gasteiger partial charge in [0.05, 0.1) is 0 Å². The van der Waals surface area contributed by atoms with Gasteiger partial charge in [-0.25, -0.2) is 0 Å². The highest BCUT2D eigenvalue weighted by Crippen LogP contribution is 2.20. The van der Waals surface area contributed by atoms with E-state index in [-0.39, 0.29) is 0 Å². The van der Waals surface area contributed by atoms with Gasteiger partial charge in [0.2, 0.25) is 0 Å². The van der Waals surface area contributed by atoms with E-state index < -0.39 is 0 Å². The lowest BCUT2D eigenvalue weighted by molar-refractivity contribution is 0.140. The van der Waals surface area contributed by atoms with Crippen molar-refractivity contribution in [1.82, 2.24) is 15.2 Å². The summed E-state index contributed by atoms with van der Waals surface area (Å²) in [5, 5.41) is 7.11. The summed E-state index contributed by atoms with van der Waals surface area (Å²) >= 11 is 5.29. The topological polar surface area (TPSA) is 40.2 Å². The van der Waals surface area contributed by atoms with Crippen LogP contribution in [-0.4, -0.2) is 41.2 Å². The van der Waals surface area contributed by atoms with E-state index in [4.69, 9.17) is 12.2 Å². The number of aromatic nitrogens is 1. The van der Waals surface area contributed by atoms with E-state index >= 15 is 0 Å². The predicted octanol–water partition coefficient (Wildman–Crippen LogP) is 2.74. The molecule has 1 fully saturated rings. The third-order valence-corrected chi connectivity index (χ3v) is 4.07. The zero-order valence-electron chi connectivity index (χ0n) is 13.0. The minimum absolute atomic E-state index is 0.682. The van der Waals surface area contributed by atoms with Crippen LogP contribution >= 0.6 is 12.2 Å². The van der Waals surface area contributed by atoms with Crippen LogP contribution in [0, 0.1) is 11.8 Å². The van der Waals surface area contributed by atoms with Gasteiger partial charge in [0.15, 0.2) is 5.11 Å². The lowest BCUT2D eigenvalue weighted by Crippen LogP contribution is -2.40. The number of piperidine rings is 1. The first-order chi connectivity index (χ1) is 10.1. The molecule has 0 aliphatic carbocycles. The molecule has 0 aromatic carbocycles. The fraction of sp³-hybridized carbons (Fsp3) is 0.625. The molecule has 1 aromatic heterocycles. The Bertz CT molecular complexity index is 427. The van der Waals surface area contributed by atoms with Crippen molar-refractivity contribution < 1.29 is 0 Å². The van der Waals surface area contributed by atoms with Crippen molar-refractivity contribution in [2.45, 2.75) is 26.7 Å². The summed E-state index contributed by atoms with van der Waals surface area (Å²) < 4.78 is 0. The number of likely N-dealkylation sites (tertiary alicyclic amines) is 1. The van der Waals surface area contributed by atoms with Crippen LogP contribution in [0.5, 0.6) is 0 Å². The average molecular weight is 306 g/mol. The molecular formula is C16H26N4S. The Morgan fingerprint density at radius 1 is 1.29 bits per heavy atom. The second kappa shape index (κ2) is 8.29. The normalized spacial score (nSPS) is 22.8. The van der Waals surface area contributed by atoms with Gasteiger partial charge in [0.1, 0.15) is 0 Å². The first-order valence-electron chi connectivity index (χ1n) is 7.80. The molecule has 2 rings (SSSR count). The Kier molecular flexibility index (Phi) is 6.39. The van der Waals surface area contributed by atoms with Crippen LogP contribution in [0.3, 0.4) is 0 Å². The van der Waals surface area contributed by atoms with Gasteiger partial charge in [-0.1, -0.05) is 13.8 Å². The number of hydrogen-bond acceptors (Lipinski definition) is 3. The molecule has 2 atom stereocenters. The fourth-order valence-corrected chi connectivity index (χ4v) is 3.31. The first-order valence-corrected chi connectivity index (χ1v) is 8.21. The third-order valence-electron chi connectivity index (χ3n) is 3.82.